The van der Waals surface area contributed by atoms with Crippen LogP contribution in [0.5, 0.6) is 11.5 Å². The van der Waals surface area contributed by atoms with Gasteiger partial charge in [-0.25, -0.2) is 22.4 Å². The number of ether oxygens (including phenoxy) is 3. The van der Waals surface area contributed by atoms with E-state index in [0.29, 0.717) is 89.8 Å². The third-order valence-corrected chi connectivity index (χ3v) is 21.0. The van der Waals surface area contributed by atoms with Crippen LogP contribution in [0.2, 0.25) is 10.0 Å². The van der Waals surface area contributed by atoms with Gasteiger partial charge in [0.1, 0.15) is 52.2 Å². The number of hydrogen-bond donors (Lipinski definition) is 0. The molecule has 6 aliphatic heterocycles. The molecule has 0 saturated carbocycles. The number of likely N-dealkylation sites (N-methyl/N-ethyl adjacent to an activating group) is 2. The summed E-state index contributed by atoms with van der Waals surface area (Å²) < 4.78 is 86.2. The molecule has 0 N–H and O–H groups in total. The molecular formula is C76H83Cl2F4N11O8. The maximum absolute atomic E-state index is 17.9. The number of rotatable bonds is 10. The summed E-state index contributed by atoms with van der Waals surface area (Å²) in [5, 5.41) is 0.471. The van der Waals surface area contributed by atoms with Crippen LogP contribution < -0.4 is 40.2 Å². The highest BCUT2D eigenvalue weighted by atomic mass is 35.5. The zero-order valence-corrected chi connectivity index (χ0v) is 60.9. The van der Waals surface area contributed by atoms with E-state index < -0.39 is 64.2 Å². The number of aryl methyl sites for hydroxylation is 2. The first-order valence-corrected chi connectivity index (χ1v) is 35.0. The number of piperazine rings is 1. The van der Waals surface area contributed by atoms with Crippen LogP contribution in [0.15, 0.2) is 82.6 Å². The lowest BCUT2D eigenvalue weighted by atomic mass is 9.88. The molecule has 10 heterocycles. The van der Waals surface area contributed by atoms with Crippen LogP contribution in [-0.2, 0) is 14.3 Å². The highest BCUT2D eigenvalue weighted by Gasteiger charge is 2.53. The summed E-state index contributed by atoms with van der Waals surface area (Å²) in [4.78, 5) is 95.5. The van der Waals surface area contributed by atoms with Crippen LogP contribution in [0.3, 0.4) is 0 Å². The molecule has 0 spiro atoms. The number of halogens is 6. The van der Waals surface area contributed by atoms with Gasteiger partial charge in [-0.2, -0.15) is 0 Å². The molecule has 4 saturated heterocycles. The normalized spacial score (nSPS) is 19.7. The maximum Gasteiger partial charge on any atom is 0.410 e. The summed E-state index contributed by atoms with van der Waals surface area (Å²) in [7, 11) is 6.63. The Labute approximate surface area is 593 Å². The summed E-state index contributed by atoms with van der Waals surface area (Å²) >= 11 is 14.0. The number of anilines is 4. The van der Waals surface area contributed by atoms with Gasteiger partial charge in [0, 0.05) is 79.6 Å². The molecule has 8 aromatic rings. The summed E-state index contributed by atoms with van der Waals surface area (Å²) in [6, 6.07) is 12.6. The van der Waals surface area contributed by atoms with E-state index in [0.717, 1.165) is 6.42 Å². The van der Waals surface area contributed by atoms with Crippen molar-refractivity contribution in [2.75, 3.05) is 93.7 Å². The fraction of sp³-hybridized carbons (Fsp3) is 0.434. The zero-order valence-electron chi connectivity index (χ0n) is 59.4. The van der Waals surface area contributed by atoms with Crippen molar-refractivity contribution in [3.8, 4) is 45.1 Å². The van der Waals surface area contributed by atoms with E-state index in [1.165, 1.54) is 58.6 Å². The van der Waals surface area contributed by atoms with Crippen molar-refractivity contribution in [3.63, 3.8) is 0 Å². The minimum atomic E-state index is -0.942. The number of piperidine rings is 1. The van der Waals surface area contributed by atoms with E-state index in [9.17, 15) is 14.4 Å². The predicted molar refractivity (Wildman–Crippen MR) is 387 cm³/mol. The molecule has 0 radical (unpaired) electrons. The summed E-state index contributed by atoms with van der Waals surface area (Å²) in [6.45, 7) is 23.5. The number of hydrogen-bond acceptors (Lipinski definition) is 14. The van der Waals surface area contributed by atoms with Gasteiger partial charge in [0.05, 0.1) is 99.2 Å². The third kappa shape index (κ3) is 11.7. The molecule has 6 aliphatic rings. The molecule has 4 fully saturated rings. The fourth-order valence-corrected chi connectivity index (χ4v) is 16.4. The van der Waals surface area contributed by atoms with Gasteiger partial charge in [0.15, 0.2) is 11.6 Å². The van der Waals surface area contributed by atoms with Crippen molar-refractivity contribution >= 4 is 85.7 Å². The highest BCUT2D eigenvalue weighted by molar-refractivity contribution is 6.35. The van der Waals surface area contributed by atoms with Gasteiger partial charge in [0.25, 0.3) is 17.0 Å². The lowest BCUT2D eigenvalue weighted by Crippen LogP contribution is -2.71. The Morgan fingerprint density at radius 2 is 0.990 bits per heavy atom. The molecule has 532 valence electrons. The minimum absolute atomic E-state index is 0.0298. The zero-order chi connectivity index (χ0) is 72.6. The number of nitrogens with zero attached hydrogens (tertiary/aromatic N) is 11. The first-order valence-electron chi connectivity index (χ1n) is 34.2. The number of amides is 3. The molecule has 101 heavy (non-hydrogen) atoms. The predicted octanol–water partition coefficient (Wildman–Crippen LogP) is 13.6. The first kappa shape index (κ1) is 70.7. The second-order valence-electron chi connectivity index (χ2n) is 29.4. The van der Waals surface area contributed by atoms with Gasteiger partial charge >= 0.3 is 6.09 Å². The SMILES string of the molecule is COc1cccc(F)c1-c1c(Cl)cc2c3c(c(=O)n(-c4c(C)ccnc4C(C)C)c2c1F)N(C1CN(C)C1)C(=O)[C@H]1CC[C@H](C)CN31.COc1cccc(F)c1-c1c(Cl)cc2c3c(c(=O)n(-c4c(C)ccnc4C(C)C)c2c1F)N(C1CN(C)C1)C(=O)[C@H]1CN(C(=O)OC(C)(C)C)[C@H](C)CN31. The van der Waals surface area contributed by atoms with Gasteiger partial charge in [-0.3, -0.25) is 48.1 Å². The third-order valence-electron chi connectivity index (χ3n) is 20.4. The first-order chi connectivity index (χ1) is 47.9. The Morgan fingerprint density at radius 3 is 1.40 bits per heavy atom. The van der Waals surface area contributed by atoms with Crippen molar-refractivity contribution in [1.29, 1.82) is 0 Å². The van der Waals surface area contributed by atoms with E-state index >= 15 is 27.2 Å². The number of benzene rings is 4. The largest absolute Gasteiger partial charge is 0.496 e. The molecule has 0 unspecified atom stereocenters. The molecule has 25 heteroatoms. The van der Waals surface area contributed by atoms with E-state index in [2.05, 4.69) is 21.8 Å². The van der Waals surface area contributed by atoms with Crippen LogP contribution in [-0.4, -0.2) is 162 Å². The van der Waals surface area contributed by atoms with Crippen molar-refractivity contribution < 1.29 is 46.2 Å². The molecule has 0 bridgehead atoms. The smallest absolute Gasteiger partial charge is 0.410 e. The number of pyridine rings is 4. The van der Waals surface area contributed by atoms with Crippen LogP contribution >= 0.6 is 23.2 Å². The number of carbonyl (C=O) groups is 3. The number of likely N-dealkylation sites (tertiary alicyclic amines) is 2. The average molecular weight is 1430 g/mol. The standard InChI is InChI=1S/C40H45ClF2N6O5.C36H38ClF2N5O3/c1-20(2)32-33(21(3)13-14-44-32)49-34-24(15-25(41)29(31(34)43)30-26(42)11-10-12-28(30)53-9)35-36(38(49)51)48(23-17-45(8)18-23)37(50)27-19-46(22(4)16-47(27)35)39(52)54-40(5,6)7;1-18(2)30-31(20(4)12-13-40-30)44-32-22(14-23(37)27(29(32)39)28-24(38)8-7-9-26(28)47-6)33-34(36(44)46)43(21-16-41(5)17-21)35(45)25-11-10-19(3)15-42(25)33/h10-15,20,22-23,27H,16-19H2,1-9H3;7-9,12-14,18-19,21,25H,10-11,15-17H2,1-6H3/t22-,27-;19-,25+/m10/s1. The van der Waals surface area contributed by atoms with E-state index in [1.807, 2.05) is 72.4 Å². The van der Waals surface area contributed by atoms with Crippen molar-refractivity contribution in [1.82, 2.24) is 33.8 Å². The molecular weight excluding hydrogens is 1340 g/mol. The van der Waals surface area contributed by atoms with Crippen LogP contribution in [0.25, 0.3) is 55.4 Å². The fourth-order valence-electron chi connectivity index (χ4n) is 15.8. The van der Waals surface area contributed by atoms with E-state index in [4.69, 9.17) is 37.4 Å². The second-order valence-corrected chi connectivity index (χ2v) is 30.2. The number of aromatic nitrogens is 4. The molecule has 4 atom stereocenters. The molecule has 19 nitrogen and oxygen atoms in total. The monoisotopic (exact) mass is 1420 g/mol. The van der Waals surface area contributed by atoms with Gasteiger partial charge in [-0.1, -0.05) is 70.0 Å². The Kier molecular flexibility index (Phi) is 18.6. The molecule has 4 aromatic heterocycles. The Morgan fingerprint density at radius 1 is 0.564 bits per heavy atom. The van der Waals surface area contributed by atoms with Crippen LogP contribution in [0, 0.1) is 43.0 Å². The molecule has 4 aromatic carbocycles. The lowest BCUT2D eigenvalue weighted by molar-refractivity contribution is -0.123. The minimum Gasteiger partial charge on any atom is -0.496 e. The maximum atomic E-state index is 17.9. The Bertz CT molecular complexity index is 4880. The molecule has 14 rings (SSSR count). The summed E-state index contributed by atoms with van der Waals surface area (Å²) in [6.07, 6.45) is 4.22. The van der Waals surface area contributed by atoms with Gasteiger partial charge < -0.3 is 38.7 Å². The van der Waals surface area contributed by atoms with Gasteiger partial charge in [-0.05, 0) is 146 Å². The van der Waals surface area contributed by atoms with Crippen molar-refractivity contribution in [2.24, 2.45) is 5.92 Å². The quantitative estimate of drug-likeness (QED) is 0.118. The van der Waals surface area contributed by atoms with Crippen LogP contribution in [0.4, 0.5) is 45.1 Å². The molecule has 0 aliphatic carbocycles. The van der Waals surface area contributed by atoms with E-state index in [-0.39, 0.29) is 126 Å². The molecule has 3 amide bonds. The van der Waals surface area contributed by atoms with Gasteiger partial charge in [0.2, 0.25) is 5.91 Å². The Balaban J connectivity index is 0.000000182. The Hall–Kier alpha value is -8.77. The topological polar surface area (TPSA) is 171 Å². The summed E-state index contributed by atoms with van der Waals surface area (Å²) in [5.74, 6) is -3.67. The van der Waals surface area contributed by atoms with Crippen molar-refractivity contribution in [2.45, 2.75) is 137 Å². The van der Waals surface area contributed by atoms with Crippen molar-refractivity contribution in [3.05, 3.63) is 150 Å². The number of fused-ring (bicyclic) bond motifs is 10. The van der Waals surface area contributed by atoms with E-state index in [1.54, 1.807) is 78.2 Å². The average Bonchev–Trinajstić information content (AvgIpc) is 0.700. The summed E-state index contributed by atoms with van der Waals surface area (Å²) in [5.41, 5.74) is 1.44. The van der Waals surface area contributed by atoms with Gasteiger partial charge in [-0.15, -0.1) is 0 Å². The highest BCUT2D eigenvalue weighted by Crippen LogP contribution is 2.52. The second kappa shape index (κ2) is 26.6. The number of carbonyl (C=O) groups excluding carboxylic acids is 3. The van der Waals surface area contributed by atoms with Crippen LogP contribution in [0.1, 0.15) is 110 Å². The lowest BCUT2D eigenvalue weighted by Gasteiger charge is -2.53. The number of methoxy groups -OCH3 is 2.